The maximum atomic E-state index is 6.60. The van der Waals surface area contributed by atoms with Crippen LogP contribution in [0.4, 0.5) is 0 Å². The van der Waals surface area contributed by atoms with E-state index in [1.165, 1.54) is 48.5 Å². The lowest BCUT2D eigenvalue weighted by molar-refractivity contribution is 0.274. The van der Waals surface area contributed by atoms with E-state index in [1.54, 1.807) is 0 Å². The van der Waals surface area contributed by atoms with Crippen molar-refractivity contribution in [2.45, 2.75) is 84.5 Å². The van der Waals surface area contributed by atoms with E-state index >= 15 is 0 Å². The summed E-state index contributed by atoms with van der Waals surface area (Å²) in [5.41, 5.74) is 2.57. The minimum atomic E-state index is -1.61. The lowest BCUT2D eigenvalue weighted by Crippen LogP contribution is -2.40. The number of hydrogen-bond donors (Lipinski definition) is 0. The predicted octanol–water partition coefficient (Wildman–Crippen LogP) is 5.85. The minimum absolute atomic E-state index is 0.00987. The van der Waals surface area contributed by atoms with Gasteiger partial charge in [0.1, 0.15) is 6.10 Å². The molecular weight excluding hydrogens is 272 g/mol. The highest BCUT2D eigenvalue weighted by Gasteiger charge is 2.31. The van der Waals surface area contributed by atoms with Gasteiger partial charge >= 0.3 is 0 Å². The normalized spacial score (nSPS) is 17.8. The largest absolute Gasteiger partial charge is 0.400 e. The van der Waals surface area contributed by atoms with Gasteiger partial charge in [-0.2, -0.15) is 0 Å². The smallest absolute Gasteiger partial charge is 0.194 e. The summed E-state index contributed by atoms with van der Waals surface area (Å²) in [6.45, 7) is 11.1. The Morgan fingerprint density at radius 1 is 1.29 bits per heavy atom. The number of rotatable bonds is 6. The third kappa shape index (κ3) is 5.49. The lowest BCUT2D eigenvalue weighted by atomic mass is 10.00. The summed E-state index contributed by atoms with van der Waals surface area (Å²) in [5, 5.41) is 0. The van der Waals surface area contributed by atoms with E-state index in [-0.39, 0.29) is 6.10 Å². The molecule has 1 nitrogen and oxygen atoms in total. The molecule has 2 heteroatoms. The Morgan fingerprint density at radius 2 is 1.95 bits per heavy atom. The van der Waals surface area contributed by atoms with Crippen molar-refractivity contribution in [2.24, 2.45) is 0 Å². The predicted molar refractivity (Wildman–Crippen MR) is 95.8 cm³/mol. The maximum absolute atomic E-state index is 6.60. The van der Waals surface area contributed by atoms with Crippen molar-refractivity contribution < 1.29 is 4.43 Å². The highest BCUT2D eigenvalue weighted by atomic mass is 28.4. The Kier molecular flexibility index (Phi) is 8.07. The van der Waals surface area contributed by atoms with Gasteiger partial charge < -0.3 is 4.43 Å². The zero-order valence-electron chi connectivity index (χ0n) is 14.6. The first-order valence-electron chi connectivity index (χ1n) is 8.62. The third-order valence-electron chi connectivity index (χ3n) is 4.82. The van der Waals surface area contributed by atoms with Gasteiger partial charge in [0.05, 0.1) is 0 Å². The molecule has 1 unspecified atom stereocenters. The molecule has 1 atom stereocenters. The van der Waals surface area contributed by atoms with Crippen molar-refractivity contribution in [1.82, 2.24) is 0 Å². The van der Waals surface area contributed by atoms with Gasteiger partial charge in [0.15, 0.2) is 8.32 Å². The highest BCUT2D eigenvalue weighted by Crippen LogP contribution is 2.25. The summed E-state index contributed by atoms with van der Waals surface area (Å²) in [6.07, 6.45) is 9.38. The van der Waals surface area contributed by atoms with E-state index in [0.717, 1.165) is 6.42 Å². The van der Waals surface area contributed by atoms with Gasteiger partial charge in [-0.05, 0) is 68.8 Å². The Labute approximate surface area is 133 Å². The standard InChI is InChI=1S/C19H32OSi/c1-6-17(5)19(20-21(7-2,8-3)9-4)16-15-18-13-11-10-12-14-18/h6,13,19H,7-12,14H2,1-5H3/b17-6+. The van der Waals surface area contributed by atoms with Gasteiger partial charge in [0.2, 0.25) is 0 Å². The second kappa shape index (κ2) is 9.28. The molecule has 0 N–H and O–H groups in total. The molecule has 1 aliphatic carbocycles. The van der Waals surface area contributed by atoms with Gasteiger partial charge in [0.25, 0.3) is 0 Å². The topological polar surface area (TPSA) is 9.23 Å². The van der Waals surface area contributed by atoms with Crippen LogP contribution in [0.25, 0.3) is 0 Å². The fourth-order valence-corrected chi connectivity index (χ4v) is 5.49. The zero-order chi connectivity index (χ0) is 15.7. The summed E-state index contributed by atoms with van der Waals surface area (Å²) in [7, 11) is -1.61. The quantitative estimate of drug-likeness (QED) is 0.340. The Bertz CT molecular complexity index is 424. The first kappa shape index (κ1) is 18.3. The molecule has 0 aromatic heterocycles. The average Bonchev–Trinajstić information content (AvgIpc) is 2.56. The fraction of sp³-hybridized carbons (Fsp3) is 0.684. The molecule has 0 radical (unpaired) electrons. The first-order chi connectivity index (χ1) is 10.1. The first-order valence-corrected chi connectivity index (χ1v) is 11.1. The van der Waals surface area contributed by atoms with E-state index < -0.39 is 8.32 Å². The maximum Gasteiger partial charge on any atom is 0.194 e. The van der Waals surface area contributed by atoms with Crippen LogP contribution in [0.3, 0.4) is 0 Å². The van der Waals surface area contributed by atoms with Crippen LogP contribution in [0, 0.1) is 11.8 Å². The van der Waals surface area contributed by atoms with E-state index in [4.69, 9.17) is 4.43 Å². The summed E-state index contributed by atoms with van der Waals surface area (Å²) in [4.78, 5) is 0. The molecule has 1 rings (SSSR count). The summed E-state index contributed by atoms with van der Waals surface area (Å²) in [6, 6.07) is 3.54. The SMILES string of the molecule is C/C=C(\C)C(C#CC1=CCCCC1)O[Si](CC)(CC)CC. The Balaban J connectivity index is 2.91. The van der Waals surface area contributed by atoms with E-state index in [9.17, 15) is 0 Å². The van der Waals surface area contributed by atoms with Crippen molar-refractivity contribution in [2.75, 3.05) is 0 Å². The monoisotopic (exact) mass is 304 g/mol. The molecule has 1 aliphatic rings. The molecule has 118 valence electrons. The van der Waals surface area contributed by atoms with Crippen LogP contribution >= 0.6 is 0 Å². The van der Waals surface area contributed by atoms with E-state index in [1.807, 2.05) is 0 Å². The van der Waals surface area contributed by atoms with Gasteiger partial charge in [-0.3, -0.25) is 0 Å². The molecule has 0 fully saturated rings. The van der Waals surface area contributed by atoms with Crippen LogP contribution in [0.2, 0.25) is 18.1 Å². The fourth-order valence-electron chi connectivity index (χ4n) is 2.75. The van der Waals surface area contributed by atoms with Crippen molar-refractivity contribution in [1.29, 1.82) is 0 Å². The van der Waals surface area contributed by atoms with Crippen molar-refractivity contribution in [3.05, 3.63) is 23.3 Å². The van der Waals surface area contributed by atoms with Crippen LogP contribution in [-0.4, -0.2) is 14.4 Å². The van der Waals surface area contributed by atoms with Gasteiger partial charge in [-0.15, -0.1) is 0 Å². The average molecular weight is 305 g/mol. The molecule has 0 saturated heterocycles. The lowest BCUT2D eigenvalue weighted by Gasteiger charge is -2.31. The van der Waals surface area contributed by atoms with Crippen molar-refractivity contribution in [3.63, 3.8) is 0 Å². The van der Waals surface area contributed by atoms with Crippen LogP contribution < -0.4 is 0 Å². The molecule has 0 amide bonds. The van der Waals surface area contributed by atoms with E-state index in [2.05, 4.69) is 58.6 Å². The number of hydrogen-bond acceptors (Lipinski definition) is 1. The highest BCUT2D eigenvalue weighted by molar-refractivity contribution is 6.73. The molecule has 0 bridgehead atoms. The van der Waals surface area contributed by atoms with Crippen LogP contribution in [0.5, 0.6) is 0 Å². The molecule has 0 aromatic rings. The molecule has 0 spiro atoms. The van der Waals surface area contributed by atoms with Gasteiger partial charge in [-0.25, -0.2) is 0 Å². The second-order valence-corrected chi connectivity index (χ2v) is 10.7. The van der Waals surface area contributed by atoms with Gasteiger partial charge in [0, 0.05) is 0 Å². The van der Waals surface area contributed by atoms with Gasteiger partial charge in [-0.1, -0.05) is 44.8 Å². The summed E-state index contributed by atoms with van der Waals surface area (Å²) >= 11 is 0. The van der Waals surface area contributed by atoms with Crippen LogP contribution in [0.15, 0.2) is 23.3 Å². The Morgan fingerprint density at radius 3 is 2.43 bits per heavy atom. The van der Waals surface area contributed by atoms with Crippen molar-refractivity contribution in [3.8, 4) is 11.8 Å². The second-order valence-electron chi connectivity index (χ2n) is 6.02. The molecular formula is C19H32OSi. The van der Waals surface area contributed by atoms with Crippen LogP contribution in [0.1, 0.15) is 60.3 Å². The van der Waals surface area contributed by atoms with Crippen molar-refractivity contribution >= 4 is 8.32 Å². The Hall–Kier alpha value is -0.783. The zero-order valence-corrected chi connectivity index (χ0v) is 15.6. The molecule has 0 heterocycles. The van der Waals surface area contributed by atoms with Crippen LogP contribution in [-0.2, 0) is 4.43 Å². The molecule has 0 saturated carbocycles. The number of allylic oxidation sites excluding steroid dienone is 3. The summed E-state index contributed by atoms with van der Waals surface area (Å²) in [5.74, 6) is 6.82. The summed E-state index contributed by atoms with van der Waals surface area (Å²) < 4.78 is 6.60. The molecule has 0 aromatic carbocycles. The van der Waals surface area contributed by atoms with E-state index in [0.29, 0.717) is 0 Å². The molecule has 21 heavy (non-hydrogen) atoms. The third-order valence-corrected chi connectivity index (χ3v) is 9.43. The minimum Gasteiger partial charge on any atom is -0.400 e. The molecule has 0 aliphatic heterocycles.